The molecule has 1 saturated heterocycles. The van der Waals surface area contributed by atoms with Gasteiger partial charge in [0.25, 0.3) is 6.01 Å². The lowest BCUT2D eigenvalue weighted by Gasteiger charge is -2.33. The van der Waals surface area contributed by atoms with Crippen LogP contribution in [-0.4, -0.2) is 36.1 Å². The summed E-state index contributed by atoms with van der Waals surface area (Å²) in [7, 11) is 0. The Labute approximate surface area is 182 Å². The minimum atomic E-state index is -0.0297. The number of hydrogen-bond donors (Lipinski definition) is 2. The maximum Gasteiger partial charge on any atom is 0.298 e. The standard InChI is InChI=1S/C19H25ClN4O2.2ClH/c20-13-3-8-17-16(10-13)23-19(26-17)24-9-1-2-12(11-24)18(25)22-15-6-4-14(21)5-7-15;;/h3,8,10,12,14-15H,1-2,4-7,9,11,21H2,(H,22,25);2*1H. The van der Waals surface area contributed by atoms with Crippen LogP contribution in [0.1, 0.15) is 38.5 Å². The number of anilines is 1. The predicted molar refractivity (Wildman–Crippen MR) is 117 cm³/mol. The maximum absolute atomic E-state index is 12.7. The molecule has 2 aliphatic rings. The van der Waals surface area contributed by atoms with Crippen LogP contribution in [0.5, 0.6) is 0 Å². The van der Waals surface area contributed by atoms with Gasteiger partial charge in [-0.15, -0.1) is 24.8 Å². The Balaban J connectivity index is 0.00000140. The maximum atomic E-state index is 12.7. The molecule has 9 heteroatoms. The Morgan fingerprint density at radius 1 is 1.21 bits per heavy atom. The van der Waals surface area contributed by atoms with Gasteiger partial charge in [0.15, 0.2) is 5.58 Å². The highest BCUT2D eigenvalue weighted by Crippen LogP contribution is 2.28. The molecule has 1 aliphatic heterocycles. The van der Waals surface area contributed by atoms with Gasteiger partial charge in [-0.3, -0.25) is 4.79 Å². The van der Waals surface area contributed by atoms with Gasteiger partial charge in [-0.2, -0.15) is 4.98 Å². The summed E-state index contributed by atoms with van der Waals surface area (Å²) in [5, 5.41) is 3.86. The number of benzene rings is 1. The van der Waals surface area contributed by atoms with E-state index in [2.05, 4.69) is 15.2 Å². The number of carbonyl (C=O) groups is 1. The van der Waals surface area contributed by atoms with Crippen LogP contribution in [0.3, 0.4) is 0 Å². The van der Waals surface area contributed by atoms with Crippen molar-refractivity contribution in [1.82, 2.24) is 10.3 Å². The van der Waals surface area contributed by atoms with E-state index in [0.717, 1.165) is 56.2 Å². The molecule has 156 valence electrons. The average Bonchev–Trinajstić information content (AvgIpc) is 3.07. The minimum Gasteiger partial charge on any atom is -0.423 e. The number of piperidine rings is 1. The molecule has 1 aromatic heterocycles. The molecule has 6 nitrogen and oxygen atoms in total. The van der Waals surface area contributed by atoms with E-state index in [1.54, 1.807) is 12.1 Å². The largest absolute Gasteiger partial charge is 0.423 e. The number of amides is 1. The molecule has 2 fully saturated rings. The summed E-state index contributed by atoms with van der Waals surface area (Å²) in [6.07, 6.45) is 5.80. The van der Waals surface area contributed by atoms with Gasteiger partial charge in [-0.1, -0.05) is 11.6 Å². The predicted octanol–water partition coefficient (Wildman–Crippen LogP) is 3.93. The molecular weight excluding hydrogens is 423 g/mol. The molecule has 2 aromatic rings. The van der Waals surface area contributed by atoms with E-state index in [4.69, 9.17) is 21.8 Å². The summed E-state index contributed by atoms with van der Waals surface area (Å²) >= 11 is 6.02. The van der Waals surface area contributed by atoms with E-state index >= 15 is 0 Å². The van der Waals surface area contributed by atoms with Crippen LogP contribution in [0.15, 0.2) is 22.6 Å². The number of carbonyl (C=O) groups excluding carboxylic acids is 1. The van der Waals surface area contributed by atoms with Gasteiger partial charge in [0.2, 0.25) is 5.91 Å². The van der Waals surface area contributed by atoms with Crippen molar-refractivity contribution in [1.29, 1.82) is 0 Å². The third kappa shape index (κ3) is 5.23. The smallest absolute Gasteiger partial charge is 0.298 e. The summed E-state index contributed by atoms with van der Waals surface area (Å²) in [6, 6.07) is 6.55. The van der Waals surface area contributed by atoms with Crippen molar-refractivity contribution in [2.24, 2.45) is 11.7 Å². The third-order valence-electron chi connectivity index (χ3n) is 5.52. The summed E-state index contributed by atoms with van der Waals surface area (Å²) in [5.74, 6) is 0.118. The Bertz CT molecular complexity index is 793. The molecule has 1 saturated carbocycles. The topological polar surface area (TPSA) is 84.4 Å². The van der Waals surface area contributed by atoms with Crippen LogP contribution in [0.4, 0.5) is 6.01 Å². The monoisotopic (exact) mass is 448 g/mol. The number of nitrogens with one attached hydrogen (secondary N) is 1. The average molecular weight is 450 g/mol. The Morgan fingerprint density at radius 2 is 1.96 bits per heavy atom. The quantitative estimate of drug-likeness (QED) is 0.742. The van der Waals surface area contributed by atoms with E-state index in [-0.39, 0.29) is 42.7 Å². The lowest BCUT2D eigenvalue weighted by molar-refractivity contribution is -0.126. The van der Waals surface area contributed by atoms with Crippen molar-refractivity contribution < 1.29 is 9.21 Å². The van der Waals surface area contributed by atoms with Gasteiger partial charge in [0, 0.05) is 30.2 Å². The second kappa shape index (κ2) is 10.0. The molecule has 0 radical (unpaired) electrons. The lowest BCUT2D eigenvalue weighted by Crippen LogP contribution is -2.47. The van der Waals surface area contributed by atoms with Gasteiger partial charge in [-0.25, -0.2) is 0 Å². The number of rotatable bonds is 3. The van der Waals surface area contributed by atoms with Crippen molar-refractivity contribution >= 4 is 59.4 Å². The van der Waals surface area contributed by atoms with Crippen LogP contribution < -0.4 is 16.0 Å². The Kier molecular flexibility index (Phi) is 8.25. The fourth-order valence-electron chi connectivity index (χ4n) is 3.97. The van der Waals surface area contributed by atoms with Gasteiger partial charge in [0.1, 0.15) is 5.52 Å². The molecule has 2 heterocycles. The van der Waals surface area contributed by atoms with Gasteiger partial charge in [0.05, 0.1) is 5.92 Å². The fourth-order valence-corrected chi connectivity index (χ4v) is 4.14. The zero-order valence-electron chi connectivity index (χ0n) is 15.6. The van der Waals surface area contributed by atoms with E-state index in [1.165, 1.54) is 0 Å². The molecule has 1 aromatic carbocycles. The number of hydrogen-bond acceptors (Lipinski definition) is 5. The van der Waals surface area contributed by atoms with Crippen LogP contribution in [0, 0.1) is 5.92 Å². The molecule has 1 atom stereocenters. The van der Waals surface area contributed by atoms with Crippen LogP contribution in [0.25, 0.3) is 11.1 Å². The highest BCUT2D eigenvalue weighted by atomic mass is 35.5. The van der Waals surface area contributed by atoms with Crippen LogP contribution in [-0.2, 0) is 4.79 Å². The van der Waals surface area contributed by atoms with Crippen molar-refractivity contribution in [3.8, 4) is 0 Å². The van der Waals surface area contributed by atoms with E-state index < -0.39 is 0 Å². The fraction of sp³-hybridized carbons (Fsp3) is 0.579. The number of nitrogens with zero attached hydrogens (tertiary/aromatic N) is 2. The first-order valence-corrected chi connectivity index (χ1v) is 9.83. The first kappa shape index (κ1) is 23.1. The van der Waals surface area contributed by atoms with Gasteiger partial charge < -0.3 is 20.4 Å². The Hall–Kier alpha value is -1.21. The van der Waals surface area contributed by atoms with Crippen LogP contribution in [0.2, 0.25) is 5.02 Å². The van der Waals surface area contributed by atoms with Gasteiger partial charge in [-0.05, 0) is 56.7 Å². The van der Waals surface area contributed by atoms with Crippen molar-refractivity contribution in [3.05, 3.63) is 23.2 Å². The number of oxazole rings is 1. The molecule has 0 spiro atoms. The molecule has 0 bridgehead atoms. The molecule has 1 amide bonds. The van der Waals surface area contributed by atoms with Crippen molar-refractivity contribution in [2.45, 2.75) is 50.6 Å². The molecule has 1 unspecified atom stereocenters. The zero-order valence-corrected chi connectivity index (χ0v) is 18.0. The number of nitrogens with two attached hydrogens (primary N) is 1. The molecule has 4 rings (SSSR count). The van der Waals surface area contributed by atoms with E-state index in [0.29, 0.717) is 23.6 Å². The van der Waals surface area contributed by atoms with Crippen LogP contribution >= 0.6 is 36.4 Å². The first-order valence-electron chi connectivity index (χ1n) is 9.45. The number of aromatic nitrogens is 1. The minimum absolute atomic E-state index is 0. The molecular formula is C19H27Cl3N4O2. The normalized spacial score (nSPS) is 24.9. The summed E-state index contributed by atoms with van der Waals surface area (Å²) in [6.45, 7) is 1.49. The summed E-state index contributed by atoms with van der Waals surface area (Å²) < 4.78 is 5.86. The van der Waals surface area contributed by atoms with Crippen molar-refractivity contribution in [3.63, 3.8) is 0 Å². The second-order valence-electron chi connectivity index (χ2n) is 7.51. The SMILES string of the molecule is Cl.Cl.NC1CCC(NC(=O)C2CCCN(c3nc4cc(Cl)ccc4o3)C2)CC1. The molecule has 28 heavy (non-hydrogen) atoms. The molecule has 3 N–H and O–H groups in total. The zero-order chi connectivity index (χ0) is 18.1. The second-order valence-corrected chi connectivity index (χ2v) is 7.95. The van der Waals surface area contributed by atoms with E-state index in [1.807, 2.05) is 6.07 Å². The lowest BCUT2D eigenvalue weighted by atomic mass is 9.90. The van der Waals surface area contributed by atoms with E-state index in [9.17, 15) is 4.79 Å². The number of halogens is 3. The van der Waals surface area contributed by atoms with Crippen molar-refractivity contribution in [2.75, 3.05) is 18.0 Å². The number of fused-ring (bicyclic) bond motifs is 1. The highest BCUT2D eigenvalue weighted by Gasteiger charge is 2.30. The Morgan fingerprint density at radius 3 is 2.71 bits per heavy atom. The van der Waals surface area contributed by atoms with Gasteiger partial charge >= 0.3 is 0 Å². The summed E-state index contributed by atoms with van der Waals surface area (Å²) in [4.78, 5) is 19.3. The first-order chi connectivity index (χ1) is 12.6. The summed E-state index contributed by atoms with van der Waals surface area (Å²) in [5.41, 5.74) is 7.41. The molecule has 1 aliphatic carbocycles. The third-order valence-corrected chi connectivity index (χ3v) is 5.75. The highest BCUT2D eigenvalue weighted by molar-refractivity contribution is 6.31.